The average molecular weight is 242 g/mol. The van der Waals surface area contributed by atoms with Gasteiger partial charge in [-0.3, -0.25) is 10.1 Å². The van der Waals surface area contributed by atoms with Gasteiger partial charge in [-0.25, -0.2) is 9.18 Å². The maximum atomic E-state index is 13.2. The Morgan fingerprint density at radius 1 is 1.53 bits per heavy atom. The molecule has 0 saturated carbocycles. The van der Waals surface area contributed by atoms with E-state index in [0.29, 0.717) is 0 Å². The highest BCUT2D eigenvalue weighted by Crippen LogP contribution is 2.27. The molecule has 7 heteroatoms. The first-order valence-electron chi connectivity index (χ1n) is 4.78. The number of hydrogen-bond acceptors (Lipinski definition) is 5. The topological polar surface area (TPSA) is 95.5 Å². The first-order valence-corrected chi connectivity index (χ1v) is 4.78. The average Bonchev–Trinajstić information content (AvgIpc) is 2.20. The number of ether oxygens (including phenoxy) is 1. The third-order valence-electron chi connectivity index (χ3n) is 1.91. The Bertz CT molecular complexity index is 474. The summed E-state index contributed by atoms with van der Waals surface area (Å²) in [5.74, 6) is -1.91. The van der Waals surface area contributed by atoms with Crippen molar-refractivity contribution in [3.05, 3.63) is 33.6 Å². The van der Waals surface area contributed by atoms with E-state index in [1.54, 1.807) is 13.8 Å². The van der Waals surface area contributed by atoms with E-state index in [4.69, 9.17) is 10.5 Å². The number of nitrogen functional groups attached to an aromatic ring is 1. The van der Waals surface area contributed by atoms with E-state index in [9.17, 15) is 19.3 Å². The monoisotopic (exact) mass is 242 g/mol. The number of nitro benzene ring substituents is 1. The summed E-state index contributed by atoms with van der Waals surface area (Å²) in [4.78, 5) is 21.5. The molecule has 0 fully saturated rings. The van der Waals surface area contributed by atoms with Crippen LogP contribution in [-0.4, -0.2) is 17.0 Å². The van der Waals surface area contributed by atoms with Crippen molar-refractivity contribution in [3.63, 3.8) is 0 Å². The Hall–Kier alpha value is -2.18. The van der Waals surface area contributed by atoms with E-state index in [1.807, 2.05) is 0 Å². The van der Waals surface area contributed by atoms with E-state index in [2.05, 4.69) is 0 Å². The minimum absolute atomic E-state index is 0.482. The Kier molecular flexibility index (Phi) is 3.62. The third kappa shape index (κ3) is 2.68. The summed E-state index contributed by atoms with van der Waals surface area (Å²) in [6.45, 7) is 3.14. The molecule has 0 spiro atoms. The SMILES string of the molecule is CC(C)OC(=O)c1c([N+](=O)[O-])ccc(F)c1N. The molecule has 1 aromatic carbocycles. The van der Waals surface area contributed by atoms with Gasteiger partial charge in [-0.2, -0.15) is 0 Å². The summed E-state index contributed by atoms with van der Waals surface area (Å²) in [7, 11) is 0. The van der Waals surface area contributed by atoms with Crippen LogP contribution < -0.4 is 5.73 Å². The molecule has 0 unspecified atom stereocenters. The van der Waals surface area contributed by atoms with Gasteiger partial charge in [0, 0.05) is 6.07 Å². The van der Waals surface area contributed by atoms with Crippen molar-refractivity contribution in [2.75, 3.05) is 5.73 Å². The fourth-order valence-electron chi connectivity index (χ4n) is 1.22. The standard InChI is InChI=1S/C10H11FN2O4/c1-5(2)17-10(14)8-7(13(15)16)4-3-6(11)9(8)12/h3-5H,12H2,1-2H3. The summed E-state index contributed by atoms with van der Waals surface area (Å²) in [5, 5.41) is 10.7. The van der Waals surface area contributed by atoms with Crippen LogP contribution in [0.1, 0.15) is 24.2 Å². The molecular formula is C10H11FN2O4. The molecule has 1 rings (SSSR count). The smallest absolute Gasteiger partial charge is 0.347 e. The zero-order valence-corrected chi connectivity index (χ0v) is 9.27. The molecule has 0 aromatic heterocycles. The highest BCUT2D eigenvalue weighted by Gasteiger charge is 2.27. The molecule has 17 heavy (non-hydrogen) atoms. The Morgan fingerprint density at radius 3 is 2.59 bits per heavy atom. The minimum atomic E-state index is -1.01. The largest absolute Gasteiger partial charge is 0.459 e. The number of nitrogens with two attached hydrogens (primary N) is 1. The lowest BCUT2D eigenvalue weighted by molar-refractivity contribution is -0.385. The molecule has 92 valence electrons. The number of nitro groups is 1. The third-order valence-corrected chi connectivity index (χ3v) is 1.91. The number of hydrogen-bond donors (Lipinski definition) is 1. The number of carbonyl (C=O) groups excluding carboxylic acids is 1. The van der Waals surface area contributed by atoms with Crippen LogP contribution in [0.3, 0.4) is 0 Å². The van der Waals surface area contributed by atoms with Crippen LogP contribution in [0, 0.1) is 15.9 Å². The number of esters is 1. The lowest BCUT2D eigenvalue weighted by Gasteiger charge is -2.10. The zero-order chi connectivity index (χ0) is 13.2. The molecule has 0 heterocycles. The summed E-state index contributed by atoms with van der Waals surface area (Å²) in [5.41, 5.74) is 3.61. The zero-order valence-electron chi connectivity index (χ0n) is 9.27. The van der Waals surface area contributed by atoms with E-state index in [0.717, 1.165) is 12.1 Å². The van der Waals surface area contributed by atoms with Crippen molar-refractivity contribution in [1.82, 2.24) is 0 Å². The van der Waals surface area contributed by atoms with Gasteiger partial charge in [-0.05, 0) is 19.9 Å². The van der Waals surface area contributed by atoms with E-state index in [-0.39, 0.29) is 0 Å². The first-order chi connectivity index (χ1) is 7.84. The van der Waals surface area contributed by atoms with Crippen LogP contribution >= 0.6 is 0 Å². The molecule has 0 aliphatic carbocycles. The van der Waals surface area contributed by atoms with Crippen LogP contribution in [0.5, 0.6) is 0 Å². The van der Waals surface area contributed by atoms with Crippen molar-refractivity contribution < 1.29 is 18.8 Å². The van der Waals surface area contributed by atoms with Crippen LogP contribution in [0.4, 0.5) is 15.8 Å². The van der Waals surface area contributed by atoms with Crippen molar-refractivity contribution >= 4 is 17.3 Å². The molecule has 0 bridgehead atoms. The molecule has 0 amide bonds. The number of anilines is 1. The molecule has 2 N–H and O–H groups in total. The van der Waals surface area contributed by atoms with Gasteiger partial charge in [0.15, 0.2) is 5.56 Å². The summed E-state index contributed by atoms with van der Waals surface area (Å²) < 4.78 is 17.9. The summed E-state index contributed by atoms with van der Waals surface area (Å²) in [6, 6.07) is 1.71. The van der Waals surface area contributed by atoms with Gasteiger partial charge in [0.2, 0.25) is 0 Å². The highest BCUT2D eigenvalue weighted by molar-refractivity contribution is 5.99. The van der Waals surface area contributed by atoms with Crippen molar-refractivity contribution in [2.45, 2.75) is 20.0 Å². The van der Waals surface area contributed by atoms with Crippen LogP contribution in [0.15, 0.2) is 12.1 Å². The second-order valence-electron chi connectivity index (χ2n) is 3.57. The van der Waals surface area contributed by atoms with Gasteiger partial charge in [0.05, 0.1) is 16.7 Å². The van der Waals surface area contributed by atoms with Gasteiger partial charge in [-0.15, -0.1) is 0 Å². The Morgan fingerprint density at radius 2 is 2.12 bits per heavy atom. The lowest BCUT2D eigenvalue weighted by atomic mass is 10.1. The summed E-state index contributed by atoms with van der Waals surface area (Å²) >= 11 is 0. The molecule has 0 radical (unpaired) electrons. The normalized spacial score (nSPS) is 10.4. The molecule has 6 nitrogen and oxygen atoms in total. The molecule has 0 aliphatic heterocycles. The van der Waals surface area contributed by atoms with Crippen LogP contribution in [-0.2, 0) is 4.74 Å². The quantitative estimate of drug-likeness (QED) is 0.378. The number of benzene rings is 1. The van der Waals surface area contributed by atoms with E-state index < -0.39 is 39.8 Å². The van der Waals surface area contributed by atoms with Gasteiger partial charge < -0.3 is 10.5 Å². The number of rotatable bonds is 3. The molecule has 0 aliphatic rings. The van der Waals surface area contributed by atoms with Crippen molar-refractivity contribution in [1.29, 1.82) is 0 Å². The van der Waals surface area contributed by atoms with E-state index in [1.165, 1.54) is 0 Å². The molecule has 0 atom stereocenters. The maximum absolute atomic E-state index is 13.2. The van der Waals surface area contributed by atoms with Gasteiger partial charge >= 0.3 is 5.97 Å². The molecule has 1 aromatic rings. The number of carbonyl (C=O) groups is 1. The molecule has 0 saturated heterocycles. The predicted molar refractivity (Wildman–Crippen MR) is 58.0 cm³/mol. The second-order valence-corrected chi connectivity index (χ2v) is 3.57. The highest BCUT2D eigenvalue weighted by atomic mass is 19.1. The second kappa shape index (κ2) is 4.77. The lowest BCUT2D eigenvalue weighted by Crippen LogP contribution is -2.16. The van der Waals surface area contributed by atoms with Gasteiger partial charge in [0.1, 0.15) is 5.82 Å². The molecular weight excluding hydrogens is 231 g/mol. The predicted octanol–water partition coefficient (Wildman–Crippen LogP) is 1.88. The Balaban J connectivity index is 3.33. The van der Waals surface area contributed by atoms with Crippen molar-refractivity contribution in [3.8, 4) is 0 Å². The number of halogens is 1. The minimum Gasteiger partial charge on any atom is -0.459 e. The fraction of sp³-hybridized carbons (Fsp3) is 0.300. The van der Waals surface area contributed by atoms with Gasteiger partial charge in [0.25, 0.3) is 5.69 Å². The first kappa shape index (κ1) is 12.9. The Labute approximate surface area is 96.3 Å². The maximum Gasteiger partial charge on any atom is 0.347 e. The van der Waals surface area contributed by atoms with Crippen LogP contribution in [0.25, 0.3) is 0 Å². The van der Waals surface area contributed by atoms with E-state index >= 15 is 0 Å². The van der Waals surface area contributed by atoms with Gasteiger partial charge in [-0.1, -0.05) is 0 Å². The fourth-order valence-corrected chi connectivity index (χ4v) is 1.22. The summed E-state index contributed by atoms with van der Waals surface area (Å²) in [6.07, 6.45) is -0.482. The number of nitrogens with zero attached hydrogens (tertiary/aromatic N) is 1. The van der Waals surface area contributed by atoms with Crippen molar-refractivity contribution in [2.24, 2.45) is 0 Å². The van der Waals surface area contributed by atoms with Crippen LogP contribution in [0.2, 0.25) is 0 Å².